The Balaban J connectivity index is 1.46. The summed E-state index contributed by atoms with van der Waals surface area (Å²) in [5.41, 5.74) is 0.603. The molecule has 0 radical (unpaired) electrons. The Bertz CT molecular complexity index is 594. The zero-order chi connectivity index (χ0) is 21.7. The summed E-state index contributed by atoms with van der Waals surface area (Å²) in [5, 5.41) is 19.7. The van der Waals surface area contributed by atoms with Gasteiger partial charge in [-0.1, -0.05) is 20.8 Å². The Kier molecular flexibility index (Phi) is 6.44. The van der Waals surface area contributed by atoms with Gasteiger partial charge in [0.25, 0.3) is 0 Å². The zero-order valence-corrected chi connectivity index (χ0v) is 20.6. The fraction of sp³-hybridized carbons (Fsp3) is 1.00. The van der Waals surface area contributed by atoms with E-state index >= 15 is 0 Å². The van der Waals surface area contributed by atoms with Crippen LogP contribution in [0.1, 0.15) is 112 Å². The molecule has 4 aliphatic rings. The molecule has 174 valence electrons. The molecular formula is C28H50O2. The summed E-state index contributed by atoms with van der Waals surface area (Å²) in [6.45, 7) is 12.2. The molecule has 5 unspecified atom stereocenters. The molecule has 0 aromatic heterocycles. The average Bonchev–Trinajstić information content (AvgIpc) is 3.02. The average molecular weight is 419 g/mol. The number of hydrogen-bond donors (Lipinski definition) is 2. The van der Waals surface area contributed by atoms with Crippen molar-refractivity contribution >= 4 is 0 Å². The summed E-state index contributed by atoms with van der Waals surface area (Å²) in [6.07, 6.45) is 16.0. The third-order valence-corrected chi connectivity index (χ3v) is 11.1. The first-order chi connectivity index (χ1) is 14.1. The van der Waals surface area contributed by atoms with Crippen molar-refractivity contribution in [3.05, 3.63) is 0 Å². The smallest absolute Gasteiger partial charge is 0.0594 e. The van der Waals surface area contributed by atoms with E-state index < -0.39 is 5.60 Å². The molecule has 2 heteroatoms. The summed E-state index contributed by atoms with van der Waals surface area (Å²) in [5.74, 6) is 6.14. The molecule has 0 aromatic rings. The van der Waals surface area contributed by atoms with Crippen molar-refractivity contribution in [1.29, 1.82) is 0 Å². The molecule has 4 saturated carbocycles. The van der Waals surface area contributed by atoms with Gasteiger partial charge in [-0.3, -0.25) is 0 Å². The van der Waals surface area contributed by atoms with Crippen molar-refractivity contribution < 1.29 is 10.2 Å². The van der Waals surface area contributed by atoms with Crippen LogP contribution >= 0.6 is 0 Å². The maximum atomic E-state index is 10.4. The Hall–Kier alpha value is -0.0800. The van der Waals surface area contributed by atoms with Crippen LogP contribution in [0.15, 0.2) is 0 Å². The molecule has 0 heterocycles. The molecule has 0 aliphatic heterocycles. The number of rotatable bonds is 6. The first-order valence-corrected chi connectivity index (χ1v) is 13.4. The Labute approximate surface area is 186 Å². The lowest BCUT2D eigenvalue weighted by Crippen LogP contribution is -2.54. The van der Waals surface area contributed by atoms with Gasteiger partial charge in [0, 0.05) is 6.61 Å². The molecular weight excluding hydrogens is 368 g/mol. The van der Waals surface area contributed by atoms with E-state index in [0.717, 1.165) is 54.3 Å². The maximum Gasteiger partial charge on any atom is 0.0594 e. The lowest BCUT2D eigenvalue weighted by Gasteiger charge is -2.61. The molecule has 2 nitrogen and oxygen atoms in total. The van der Waals surface area contributed by atoms with Crippen LogP contribution in [0, 0.1) is 52.3 Å². The SMILES string of the molecule is CC(CCCO)[C@H]1CC[C@H]2C3CCC4C[C@H](CC(C)(C)O)CCC4(C)[C@H]3CCC12C. The predicted molar refractivity (Wildman–Crippen MR) is 125 cm³/mol. The number of fused-ring (bicyclic) bond motifs is 5. The monoisotopic (exact) mass is 418 g/mol. The molecule has 2 N–H and O–H groups in total. The first kappa shape index (κ1) is 23.1. The molecule has 0 spiro atoms. The van der Waals surface area contributed by atoms with Gasteiger partial charge in [-0.2, -0.15) is 0 Å². The van der Waals surface area contributed by atoms with Crippen molar-refractivity contribution in [2.45, 2.75) is 117 Å². The van der Waals surface area contributed by atoms with Crippen molar-refractivity contribution in [2.75, 3.05) is 6.61 Å². The molecule has 30 heavy (non-hydrogen) atoms. The van der Waals surface area contributed by atoms with Crippen LogP contribution in [0.3, 0.4) is 0 Å². The number of hydrogen-bond acceptors (Lipinski definition) is 2. The fourth-order valence-electron chi connectivity index (χ4n) is 9.83. The zero-order valence-electron chi connectivity index (χ0n) is 20.6. The third-order valence-electron chi connectivity index (χ3n) is 11.1. The summed E-state index contributed by atoms with van der Waals surface area (Å²) in [7, 11) is 0. The van der Waals surface area contributed by atoms with Crippen LogP contribution in [0.25, 0.3) is 0 Å². The lowest BCUT2D eigenvalue weighted by molar-refractivity contribution is -0.124. The van der Waals surface area contributed by atoms with Crippen LogP contribution < -0.4 is 0 Å². The lowest BCUT2D eigenvalue weighted by atomic mass is 9.43. The van der Waals surface area contributed by atoms with E-state index in [0.29, 0.717) is 17.4 Å². The van der Waals surface area contributed by atoms with Gasteiger partial charge in [-0.05, 0) is 143 Å². The molecule has 4 aliphatic carbocycles. The minimum absolute atomic E-state index is 0.357. The van der Waals surface area contributed by atoms with Gasteiger partial charge in [0.05, 0.1) is 5.60 Å². The maximum absolute atomic E-state index is 10.4. The molecule has 9 atom stereocenters. The molecule has 0 amide bonds. The number of aliphatic hydroxyl groups is 2. The van der Waals surface area contributed by atoms with E-state index in [9.17, 15) is 10.2 Å². The highest BCUT2D eigenvalue weighted by Gasteiger charge is 2.60. The quantitative estimate of drug-likeness (QED) is 0.496. The summed E-state index contributed by atoms with van der Waals surface area (Å²) in [6, 6.07) is 0. The minimum Gasteiger partial charge on any atom is -0.396 e. The van der Waals surface area contributed by atoms with Crippen molar-refractivity contribution in [1.82, 2.24) is 0 Å². The minimum atomic E-state index is -0.506. The van der Waals surface area contributed by atoms with Crippen molar-refractivity contribution in [2.24, 2.45) is 52.3 Å². The highest BCUT2D eigenvalue weighted by molar-refractivity contribution is 5.09. The highest BCUT2D eigenvalue weighted by atomic mass is 16.3. The summed E-state index contributed by atoms with van der Waals surface area (Å²) >= 11 is 0. The summed E-state index contributed by atoms with van der Waals surface area (Å²) < 4.78 is 0. The van der Waals surface area contributed by atoms with Crippen LogP contribution in [-0.4, -0.2) is 22.4 Å². The predicted octanol–water partition coefficient (Wildman–Crippen LogP) is 6.83. The Morgan fingerprint density at radius 2 is 1.63 bits per heavy atom. The van der Waals surface area contributed by atoms with Crippen LogP contribution in [0.2, 0.25) is 0 Å². The number of aliphatic hydroxyl groups excluding tert-OH is 1. The fourth-order valence-corrected chi connectivity index (χ4v) is 9.83. The Morgan fingerprint density at radius 1 is 0.933 bits per heavy atom. The molecule has 4 rings (SSSR count). The van der Waals surface area contributed by atoms with Gasteiger partial charge in [0.2, 0.25) is 0 Å². The van der Waals surface area contributed by atoms with Gasteiger partial charge in [-0.25, -0.2) is 0 Å². The topological polar surface area (TPSA) is 40.5 Å². The molecule has 0 saturated heterocycles. The van der Waals surface area contributed by atoms with Crippen LogP contribution in [0.4, 0.5) is 0 Å². The second-order valence-electron chi connectivity index (χ2n) is 13.4. The second kappa shape index (κ2) is 8.36. The van der Waals surface area contributed by atoms with E-state index in [1.54, 1.807) is 0 Å². The second-order valence-corrected chi connectivity index (χ2v) is 13.4. The first-order valence-electron chi connectivity index (χ1n) is 13.4. The van der Waals surface area contributed by atoms with Gasteiger partial charge in [0.15, 0.2) is 0 Å². The van der Waals surface area contributed by atoms with E-state index in [2.05, 4.69) is 20.8 Å². The van der Waals surface area contributed by atoms with Crippen LogP contribution in [0.5, 0.6) is 0 Å². The van der Waals surface area contributed by atoms with E-state index in [1.807, 2.05) is 13.8 Å². The summed E-state index contributed by atoms with van der Waals surface area (Å²) in [4.78, 5) is 0. The van der Waals surface area contributed by atoms with E-state index in [-0.39, 0.29) is 0 Å². The highest BCUT2D eigenvalue weighted by Crippen LogP contribution is 2.68. The van der Waals surface area contributed by atoms with E-state index in [4.69, 9.17) is 0 Å². The normalized spacial score (nSPS) is 47.3. The van der Waals surface area contributed by atoms with Gasteiger partial charge < -0.3 is 10.2 Å². The van der Waals surface area contributed by atoms with Gasteiger partial charge in [0.1, 0.15) is 0 Å². The molecule has 4 fully saturated rings. The standard InChI is InChI=1S/C28H50O2/c1-19(7-6-16-29)23-10-11-24-22-9-8-21-17-20(18-26(2,3)30)12-14-27(21,4)25(22)13-15-28(23,24)5/h19-25,29-30H,6-18H2,1-5H3/t19?,20-,21?,22?,23-,24+,25+,27?,28?/m1/s1. The molecule has 0 aromatic carbocycles. The molecule has 0 bridgehead atoms. The van der Waals surface area contributed by atoms with Crippen LogP contribution in [-0.2, 0) is 0 Å². The van der Waals surface area contributed by atoms with Crippen molar-refractivity contribution in [3.63, 3.8) is 0 Å². The third kappa shape index (κ3) is 4.02. The Morgan fingerprint density at radius 3 is 2.33 bits per heavy atom. The van der Waals surface area contributed by atoms with Gasteiger partial charge >= 0.3 is 0 Å². The van der Waals surface area contributed by atoms with Gasteiger partial charge in [-0.15, -0.1) is 0 Å². The largest absolute Gasteiger partial charge is 0.396 e. The van der Waals surface area contributed by atoms with E-state index in [1.165, 1.54) is 64.2 Å². The van der Waals surface area contributed by atoms with Crippen molar-refractivity contribution in [3.8, 4) is 0 Å².